The van der Waals surface area contributed by atoms with Crippen LogP contribution in [-0.4, -0.2) is 76.0 Å². The van der Waals surface area contributed by atoms with Gasteiger partial charge in [0.05, 0.1) is 24.6 Å². The number of hydrogen-bond donors (Lipinski definition) is 4. The summed E-state index contributed by atoms with van der Waals surface area (Å²) in [7, 11) is 0. The van der Waals surface area contributed by atoms with Crippen molar-refractivity contribution in [1.29, 1.82) is 0 Å². The van der Waals surface area contributed by atoms with Crippen molar-refractivity contribution in [2.75, 3.05) is 26.3 Å². The predicted octanol–water partition coefficient (Wildman–Crippen LogP) is 3.38. The average Bonchev–Trinajstić information content (AvgIpc) is 3.34. The van der Waals surface area contributed by atoms with Gasteiger partial charge in [-0.05, 0) is 77.6 Å². The molecule has 1 aromatic carbocycles. The molecule has 1 aromatic heterocycles. The first-order valence-corrected chi connectivity index (χ1v) is 16.6. The van der Waals surface area contributed by atoms with E-state index < -0.39 is 5.54 Å². The van der Waals surface area contributed by atoms with Crippen LogP contribution < -0.4 is 26.0 Å². The summed E-state index contributed by atoms with van der Waals surface area (Å²) >= 11 is 0. The van der Waals surface area contributed by atoms with E-state index in [0.717, 1.165) is 43.5 Å². The number of carbonyl (C=O) groups excluding carboxylic acids is 4. The summed E-state index contributed by atoms with van der Waals surface area (Å²) in [4.78, 5) is 47.9. The Bertz CT molecular complexity index is 1340. The third-order valence-corrected chi connectivity index (χ3v) is 7.85. The minimum Gasteiger partial charge on any atom is -0.494 e. The molecule has 4 N–H and O–H groups in total. The summed E-state index contributed by atoms with van der Waals surface area (Å²) in [5.41, 5.74) is 1.47. The zero-order valence-electron chi connectivity index (χ0n) is 28.9. The number of amides is 4. The van der Waals surface area contributed by atoms with Gasteiger partial charge in [-0.1, -0.05) is 18.1 Å². The van der Waals surface area contributed by atoms with Crippen molar-refractivity contribution in [3.8, 4) is 5.75 Å². The van der Waals surface area contributed by atoms with E-state index in [0.29, 0.717) is 57.0 Å². The molecule has 260 valence electrons. The Balaban J connectivity index is 1.45. The maximum Gasteiger partial charge on any atom is 0.251 e. The molecule has 0 saturated heterocycles. The number of ether oxygens (including phenoxy) is 2. The molecule has 0 spiro atoms. The van der Waals surface area contributed by atoms with E-state index in [2.05, 4.69) is 31.6 Å². The van der Waals surface area contributed by atoms with E-state index in [4.69, 9.17) is 9.47 Å². The lowest BCUT2D eigenvalue weighted by Gasteiger charge is -2.25. The number of benzene rings is 1. The minimum atomic E-state index is -0.628. The highest BCUT2D eigenvalue weighted by molar-refractivity contribution is 5.94. The molecule has 0 aliphatic heterocycles. The van der Waals surface area contributed by atoms with Crippen molar-refractivity contribution in [1.82, 2.24) is 36.3 Å². The number of rotatable bonds is 17. The number of fused-ring (bicyclic) bond motifs is 1. The summed E-state index contributed by atoms with van der Waals surface area (Å²) in [5.74, 6) is 0.0941. The normalized spacial score (nSPS) is 15.1. The molecule has 1 atom stereocenters. The molecule has 13 nitrogen and oxygen atoms in total. The molecule has 0 fully saturated rings. The highest BCUT2D eigenvalue weighted by Crippen LogP contribution is 2.29. The number of nitrogens with one attached hydrogen (secondary N) is 4. The Morgan fingerprint density at radius 1 is 0.894 bits per heavy atom. The topological polar surface area (TPSA) is 166 Å². The quantitative estimate of drug-likeness (QED) is 0.188. The van der Waals surface area contributed by atoms with Gasteiger partial charge in [0.25, 0.3) is 5.91 Å². The molecule has 47 heavy (non-hydrogen) atoms. The van der Waals surface area contributed by atoms with Gasteiger partial charge in [0.2, 0.25) is 17.7 Å². The van der Waals surface area contributed by atoms with Crippen molar-refractivity contribution in [2.45, 2.75) is 117 Å². The lowest BCUT2D eigenvalue weighted by Crippen LogP contribution is -2.46. The largest absolute Gasteiger partial charge is 0.494 e. The third-order valence-electron chi connectivity index (χ3n) is 7.85. The van der Waals surface area contributed by atoms with Gasteiger partial charge in [0.15, 0.2) is 0 Å². The lowest BCUT2D eigenvalue weighted by atomic mass is 9.98. The monoisotopic (exact) mass is 655 g/mol. The number of nitrogens with zero attached hydrogens (tertiary/aromatic N) is 3. The smallest absolute Gasteiger partial charge is 0.251 e. The molecular weight excluding hydrogens is 602 g/mol. The molecule has 13 heteroatoms. The van der Waals surface area contributed by atoms with Crippen LogP contribution in [0.4, 0.5) is 0 Å². The molecule has 0 radical (unpaired) electrons. The molecule has 2 aromatic rings. The summed E-state index contributed by atoms with van der Waals surface area (Å²) in [6.45, 7) is 12.6. The van der Waals surface area contributed by atoms with Crippen LogP contribution in [0.3, 0.4) is 0 Å². The Kier molecular flexibility index (Phi) is 14.2. The second-order valence-corrected chi connectivity index (χ2v) is 13.5. The van der Waals surface area contributed by atoms with Crippen molar-refractivity contribution < 1.29 is 28.7 Å². The fraction of sp³-hybridized carbons (Fsp3) is 0.647. The number of hydrogen-bond acceptors (Lipinski definition) is 8. The summed E-state index contributed by atoms with van der Waals surface area (Å²) < 4.78 is 14.0. The second kappa shape index (κ2) is 17.8. The summed E-state index contributed by atoms with van der Waals surface area (Å²) in [5, 5.41) is 20.4. The van der Waals surface area contributed by atoms with E-state index in [1.54, 1.807) is 24.3 Å². The van der Waals surface area contributed by atoms with Crippen molar-refractivity contribution >= 4 is 23.6 Å². The molecule has 0 saturated carbocycles. The second-order valence-electron chi connectivity index (χ2n) is 13.5. The van der Waals surface area contributed by atoms with Gasteiger partial charge in [-0.15, -0.1) is 5.10 Å². The van der Waals surface area contributed by atoms with Gasteiger partial charge in [-0.25, -0.2) is 4.68 Å². The zero-order valence-corrected chi connectivity index (χ0v) is 28.9. The standard InChI is InChI=1S/C34H53N7O6/c1-24(42)37-33(3,4)17-21-46-27-15-13-26(14-16-27)32(45)36-18-10-20-41-31-28(39-40-41)11-8-7-9-12-29(31)47-22-19-35-30(44)23-34(5,6)38-25(2)43/h13-16,29H,7-12,17-23H2,1-6H3,(H,35,44)(H,36,45)(H,37,42)(H,38,43). The Hall–Kier alpha value is -4.00. The van der Waals surface area contributed by atoms with Gasteiger partial charge in [-0.2, -0.15) is 0 Å². The van der Waals surface area contributed by atoms with Gasteiger partial charge in [-0.3, -0.25) is 19.2 Å². The van der Waals surface area contributed by atoms with Gasteiger partial charge < -0.3 is 30.7 Å². The first-order chi connectivity index (χ1) is 22.2. The first-order valence-electron chi connectivity index (χ1n) is 16.6. The number of aryl methyl sites for hydroxylation is 2. The molecular formula is C34H53N7O6. The molecule has 0 bridgehead atoms. The highest BCUT2D eigenvalue weighted by atomic mass is 16.5. The molecule has 1 heterocycles. The maximum atomic E-state index is 12.8. The molecule has 1 aliphatic rings. The Labute approximate surface area is 278 Å². The van der Waals surface area contributed by atoms with Crippen LogP contribution in [0.2, 0.25) is 0 Å². The SMILES string of the molecule is CC(=O)NC(C)(C)CCOc1ccc(C(=O)NCCCn2nnc3c2C(OCCNC(=O)CC(C)(C)NC(C)=O)CCCCC3)cc1. The van der Waals surface area contributed by atoms with E-state index in [9.17, 15) is 19.2 Å². The lowest BCUT2D eigenvalue weighted by molar-refractivity contribution is -0.124. The van der Waals surface area contributed by atoms with Crippen molar-refractivity contribution in [3.05, 3.63) is 41.2 Å². The zero-order chi connectivity index (χ0) is 34.5. The van der Waals surface area contributed by atoms with Crippen LogP contribution in [0, 0.1) is 0 Å². The minimum absolute atomic E-state index is 0.0771. The Morgan fingerprint density at radius 2 is 1.60 bits per heavy atom. The molecule has 1 aliphatic carbocycles. The predicted molar refractivity (Wildman–Crippen MR) is 178 cm³/mol. The fourth-order valence-corrected chi connectivity index (χ4v) is 5.72. The van der Waals surface area contributed by atoms with Crippen LogP contribution in [0.15, 0.2) is 24.3 Å². The highest BCUT2D eigenvalue weighted by Gasteiger charge is 2.26. The van der Waals surface area contributed by atoms with E-state index in [-0.39, 0.29) is 41.7 Å². The number of carbonyl (C=O) groups is 4. The van der Waals surface area contributed by atoms with Gasteiger partial charge in [0, 0.05) is 63.0 Å². The molecule has 1 unspecified atom stereocenters. The van der Waals surface area contributed by atoms with E-state index >= 15 is 0 Å². The van der Waals surface area contributed by atoms with Crippen molar-refractivity contribution in [3.63, 3.8) is 0 Å². The van der Waals surface area contributed by atoms with Gasteiger partial charge >= 0.3 is 0 Å². The number of aromatic nitrogens is 3. The van der Waals surface area contributed by atoms with Crippen LogP contribution in [0.25, 0.3) is 0 Å². The molecule has 3 rings (SSSR count). The molecule has 4 amide bonds. The van der Waals surface area contributed by atoms with E-state index in [1.165, 1.54) is 13.8 Å². The third kappa shape index (κ3) is 13.3. The summed E-state index contributed by atoms with van der Waals surface area (Å²) in [6.07, 6.45) is 6.16. The van der Waals surface area contributed by atoms with E-state index in [1.807, 2.05) is 32.4 Å². The summed E-state index contributed by atoms with van der Waals surface area (Å²) in [6, 6.07) is 7.01. The van der Waals surface area contributed by atoms with Crippen LogP contribution in [0.1, 0.15) is 114 Å². The van der Waals surface area contributed by atoms with Crippen LogP contribution >= 0.6 is 0 Å². The fourth-order valence-electron chi connectivity index (χ4n) is 5.72. The Morgan fingerprint density at radius 3 is 2.30 bits per heavy atom. The van der Waals surface area contributed by atoms with Gasteiger partial charge in [0.1, 0.15) is 11.9 Å². The average molecular weight is 656 g/mol. The van der Waals surface area contributed by atoms with Crippen LogP contribution in [0.5, 0.6) is 5.75 Å². The van der Waals surface area contributed by atoms with Crippen LogP contribution in [-0.2, 0) is 32.1 Å². The van der Waals surface area contributed by atoms with Crippen molar-refractivity contribution in [2.24, 2.45) is 0 Å². The first kappa shape index (κ1) is 37.5. The maximum absolute atomic E-state index is 12.8.